The Bertz CT molecular complexity index is 715. The number of hydrogen-bond donors (Lipinski definition) is 0. The quantitative estimate of drug-likeness (QED) is 0.533. The summed E-state index contributed by atoms with van der Waals surface area (Å²) in [5, 5.41) is 0.143. The lowest BCUT2D eigenvalue weighted by Gasteiger charge is -2.26. The molecule has 0 saturated heterocycles. The number of benzene rings is 1. The SMILES string of the molecule is C/C=C/[C@H]1CC[C@H](CCc2ccc(-c3ccc(Cl)c(F)c3)nc2)CC1. The van der Waals surface area contributed by atoms with Gasteiger partial charge in [-0.25, -0.2) is 4.39 Å². The fraction of sp³-hybridized carbons (Fsp3) is 0.409. The van der Waals surface area contributed by atoms with Crippen molar-refractivity contribution in [1.29, 1.82) is 0 Å². The average Bonchev–Trinajstić information content (AvgIpc) is 2.64. The molecule has 0 amide bonds. The first kappa shape index (κ1) is 18.1. The Balaban J connectivity index is 1.54. The van der Waals surface area contributed by atoms with Gasteiger partial charge >= 0.3 is 0 Å². The van der Waals surface area contributed by atoms with E-state index in [-0.39, 0.29) is 5.02 Å². The largest absolute Gasteiger partial charge is 0.256 e. The Hall–Kier alpha value is -1.67. The van der Waals surface area contributed by atoms with Gasteiger partial charge in [0.05, 0.1) is 10.7 Å². The molecule has 0 bridgehead atoms. The molecule has 0 N–H and O–H groups in total. The van der Waals surface area contributed by atoms with Crippen molar-refractivity contribution in [2.75, 3.05) is 0 Å². The van der Waals surface area contributed by atoms with E-state index in [0.717, 1.165) is 29.5 Å². The van der Waals surface area contributed by atoms with Gasteiger partial charge < -0.3 is 0 Å². The summed E-state index contributed by atoms with van der Waals surface area (Å²) in [4.78, 5) is 4.50. The first-order valence-corrected chi connectivity index (χ1v) is 9.56. The third-order valence-corrected chi connectivity index (χ3v) is 5.54. The number of rotatable bonds is 5. The Labute approximate surface area is 154 Å². The van der Waals surface area contributed by atoms with Crippen molar-refractivity contribution in [3.8, 4) is 11.3 Å². The van der Waals surface area contributed by atoms with Gasteiger partial charge in [-0.15, -0.1) is 0 Å². The summed E-state index contributed by atoms with van der Waals surface area (Å²) in [6.45, 7) is 2.11. The summed E-state index contributed by atoms with van der Waals surface area (Å²) in [7, 11) is 0. The van der Waals surface area contributed by atoms with Crippen molar-refractivity contribution in [3.63, 3.8) is 0 Å². The van der Waals surface area contributed by atoms with Gasteiger partial charge in [-0.3, -0.25) is 4.98 Å². The topological polar surface area (TPSA) is 12.9 Å². The van der Waals surface area contributed by atoms with Gasteiger partial charge in [0.15, 0.2) is 0 Å². The van der Waals surface area contributed by atoms with Gasteiger partial charge in [0.1, 0.15) is 5.82 Å². The molecule has 1 nitrogen and oxygen atoms in total. The molecule has 1 aliphatic rings. The third kappa shape index (κ3) is 4.92. The van der Waals surface area contributed by atoms with Crippen molar-refractivity contribution in [2.45, 2.75) is 45.4 Å². The van der Waals surface area contributed by atoms with Gasteiger partial charge in [0.25, 0.3) is 0 Å². The predicted octanol–water partition coefficient (Wildman–Crippen LogP) is 6.86. The fourth-order valence-corrected chi connectivity index (χ4v) is 3.83. The van der Waals surface area contributed by atoms with Crippen LogP contribution < -0.4 is 0 Å². The highest BCUT2D eigenvalue weighted by Gasteiger charge is 2.19. The standard InChI is InChI=1S/C22H25ClFN/c1-2-3-16-4-6-17(7-5-16)8-9-18-10-13-22(25-15-18)19-11-12-20(23)21(24)14-19/h2-3,10-17H,4-9H2,1H3/b3-2+/t16-,17-. The van der Waals surface area contributed by atoms with Crippen molar-refractivity contribution in [2.24, 2.45) is 11.8 Å². The van der Waals surface area contributed by atoms with Crippen LogP contribution in [-0.4, -0.2) is 4.98 Å². The molecular weight excluding hydrogens is 333 g/mol. The van der Waals surface area contributed by atoms with Crippen molar-refractivity contribution in [1.82, 2.24) is 4.98 Å². The molecule has 25 heavy (non-hydrogen) atoms. The number of hydrogen-bond acceptors (Lipinski definition) is 1. The number of allylic oxidation sites excluding steroid dienone is 2. The van der Waals surface area contributed by atoms with E-state index in [4.69, 9.17) is 11.6 Å². The van der Waals surface area contributed by atoms with E-state index >= 15 is 0 Å². The Morgan fingerprint density at radius 3 is 2.60 bits per heavy atom. The molecule has 1 aliphatic carbocycles. The molecule has 0 aliphatic heterocycles. The lowest BCUT2D eigenvalue weighted by atomic mass is 9.79. The van der Waals surface area contributed by atoms with E-state index in [1.807, 2.05) is 12.3 Å². The molecule has 2 aromatic rings. The second kappa shape index (κ2) is 8.62. The maximum absolute atomic E-state index is 13.6. The van der Waals surface area contributed by atoms with Crippen LogP contribution in [0.4, 0.5) is 4.39 Å². The maximum atomic E-state index is 13.6. The van der Waals surface area contributed by atoms with Gasteiger partial charge in [-0.1, -0.05) is 35.9 Å². The fourth-order valence-electron chi connectivity index (χ4n) is 3.71. The number of pyridine rings is 1. The van der Waals surface area contributed by atoms with Crippen LogP contribution in [0.15, 0.2) is 48.7 Å². The zero-order valence-electron chi connectivity index (χ0n) is 14.7. The molecule has 1 fully saturated rings. The van der Waals surface area contributed by atoms with Crippen LogP contribution >= 0.6 is 11.6 Å². The van der Waals surface area contributed by atoms with Crippen LogP contribution in [0.1, 0.15) is 44.6 Å². The Morgan fingerprint density at radius 2 is 1.96 bits per heavy atom. The highest BCUT2D eigenvalue weighted by molar-refractivity contribution is 6.30. The monoisotopic (exact) mass is 357 g/mol. The van der Waals surface area contributed by atoms with E-state index in [9.17, 15) is 4.39 Å². The molecule has 0 spiro atoms. The van der Waals surface area contributed by atoms with Crippen LogP contribution in [0.25, 0.3) is 11.3 Å². The third-order valence-electron chi connectivity index (χ3n) is 5.24. The molecule has 1 saturated carbocycles. The van der Waals surface area contributed by atoms with Gasteiger partial charge in [0.2, 0.25) is 0 Å². The minimum absolute atomic E-state index is 0.143. The van der Waals surface area contributed by atoms with Gasteiger partial charge in [0, 0.05) is 11.8 Å². The Morgan fingerprint density at radius 1 is 1.16 bits per heavy atom. The first-order valence-electron chi connectivity index (χ1n) is 9.19. The average molecular weight is 358 g/mol. The second-order valence-corrected chi connectivity index (χ2v) is 7.43. The minimum Gasteiger partial charge on any atom is -0.256 e. The smallest absolute Gasteiger partial charge is 0.142 e. The van der Waals surface area contributed by atoms with Crippen LogP contribution in [-0.2, 0) is 6.42 Å². The predicted molar refractivity (Wildman–Crippen MR) is 103 cm³/mol. The minimum atomic E-state index is -0.404. The molecule has 132 valence electrons. The summed E-state index contributed by atoms with van der Waals surface area (Å²) >= 11 is 5.74. The van der Waals surface area contributed by atoms with Crippen LogP contribution in [0, 0.1) is 17.7 Å². The highest BCUT2D eigenvalue weighted by Crippen LogP contribution is 2.32. The lowest BCUT2D eigenvalue weighted by Crippen LogP contribution is -2.13. The van der Waals surface area contributed by atoms with Crippen LogP contribution in [0.2, 0.25) is 5.02 Å². The van der Waals surface area contributed by atoms with E-state index in [0.29, 0.717) is 0 Å². The van der Waals surface area contributed by atoms with Crippen LogP contribution in [0.5, 0.6) is 0 Å². The van der Waals surface area contributed by atoms with E-state index < -0.39 is 5.82 Å². The van der Waals surface area contributed by atoms with E-state index in [1.54, 1.807) is 12.1 Å². The molecule has 0 unspecified atom stereocenters. The van der Waals surface area contributed by atoms with Crippen molar-refractivity contribution >= 4 is 11.6 Å². The lowest BCUT2D eigenvalue weighted by molar-refractivity contribution is 0.296. The maximum Gasteiger partial charge on any atom is 0.142 e. The number of nitrogens with zero attached hydrogens (tertiary/aromatic N) is 1. The summed E-state index contributed by atoms with van der Waals surface area (Å²) in [6.07, 6.45) is 14.1. The highest BCUT2D eigenvalue weighted by atomic mass is 35.5. The first-order chi connectivity index (χ1) is 12.2. The summed E-state index contributed by atoms with van der Waals surface area (Å²) in [5.41, 5.74) is 2.80. The van der Waals surface area contributed by atoms with E-state index in [2.05, 4.69) is 30.1 Å². The second-order valence-electron chi connectivity index (χ2n) is 7.03. The Kier molecular flexibility index (Phi) is 6.25. The van der Waals surface area contributed by atoms with Gasteiger partial charge in [-0.05, 0) is 81.0 Å². The molecule has 3 rings (SSSR count). The number of aryl methyl sites for hydroxylation is 1. The summed E-state index contributed by atoms with van der Waals surface area (Å²) in [5.74, 6) is 1.23. The molecular formula is C22H25ClFN. The zero-order chi connectivity index (χ0) is 17.6. The van der Waals surface area contributed by atoms with Crippen LogP contribution in [0.3, 0.4) is 0 Å². The number of aromatic nitrogens is 1. The summed E-state index contributed by atoms with van der Waals surface area (Å²) in [6, 6.07) is 8.90. The normalized spacial score (nSPS) is 20.9. The molecule has 1 heterocycles. The zero-order valence-corrected chi connectivity index (χ0v) is 15.5. The van der Waals surface area contributed by atoms with E-state index in [1.165, 1.54) is 43.7 Å². The molecule has 3 heteroatoms. The van der Waals surface area contributed by atoms with Crippen molar-refractivity contribution in [3.05, 3.63) is 65.1 Å². The molecule has 0 radical (unpaired) electrons. The molecule has 1 aromatic carbocycles. The van der Waals surface area contributed by atoms with Gasteiger partial charge in [-0.2, -0.15) is 0 Å². The molecule has 1 aromatic heterocycles. The number of halogens is 2. The molecule has 0 atom stereocenters. The summed E-state index contributed by atoms with van der Waals surface area (Å²) < 4.78 is 13.6. The van der Waals surface area contributed by atoms with Crippen molar-refractivity contribution < 1.29 is 4.39 Å².